The molecule has 0 spiro atoms. The van der Waals surface area contributed by atoms with Crippen LogP contribution in [0.2, 0.25) is 0 Å². The monoisotopic (exact) mass is 432 g/mol. The molecule has 0 radical (unpaired) electrons. The Kier molecular flexibility index (Phi) is 7.39. The topological polar surface area (TPSA) is 85.7 Å². The molecule has 1 heterocycles. The first-order chi connectivity index (χ1) is 14.1. The maximum Gasteiger partial charge on any atom is 0.355 e. The third-order valence-electron chi connectivity index (χ3n) is 5.12. The van der Waals surface area contributed by atoms with Gasteiger partial charge in [-0.05, 0) is 45.4 Å². The van der Waals surface area contributed by atoms with E-state index in [1.165, 1.54) is 18.2 Å². The van der Waals surface area contributed by atoms with Crippen molar-refractivity contribution in [2.24, 2.45) is 7.05 Å². The Morgan fingerprint density at radius 2 is 1.83 bits per heavy atom. The number of rotatable bonds is 9. The second-order valence-corrected chi connectivity index (χ2v) is 8.82. The van der Waals surface area contributed by atoms with Gasteiger partial charge in [-0.25, -0.2) is 13.2 Å². The number of carbonyl (C=O) groups is 2. The number of sulfonamides is 1. The van der Waals surface area contributed by atoms with Crippen molar-refractivity contribution in [3.63, 3.8) is 0 Å². The Balaban J connectivity index is 2.52. The van der Waals surface area contributed by atoms with Gasteiger partial charge >= 0.3 is 5.97 Å². The first-order valence-electron chi connectivity index (χ1n) is 9.64. The molecule has 1 aromatic carbocycles. The molecule has 1 unspecified atom stereocenters. The summed E-state index contributed by atoms with van der Waals surface area (Å²) in [5.41, 5.74) is 1.65. The lowest BCUT2D eigenvalue weighted by atomic mass is 10.0. The third-order valence-corrected chi connectivity index (χ3v) is 7.07. The first kappa shape index (κ1) is 23.6. The summed E-state index contributed by atoms with van der Waals surface area (Å²) in [6.07, 6.45) is 1.44. The zero-order chi connectivity index (χ0) is 22.6. The number of ether oxygens (including phenoxy) is 1. The number of esters is 1. The Bertz CT molecular complexity index is 1050. The maximum absolute atomic E-state index is 13.4. The van der Waals surface area contributed by atoms with E-state index in [1.54, 1.807) is 57.5 Å². The Labute approximate surface area is 178 Å². The average Bonchev–Trinajstić information content (AvgIpc) is 2.94. The molecular formula is C22H28N2O5S. The largest absolute Gasteiger partial charge is 0.461 e. The van der Waals surface area contributed by atoms with Crippen molar-refractivity contribution in [2.45, 2.75) is 38.6 Å². The number of hydrogen-bond donors (Lipinski definition) is 0. The molecule has 2 rings (SSSR count). The van der Waals surface area contributed by atoms with Gasteiger partial charge in [-0.2, -0.15) is 4.31 Å². The molecule has 1 atom stereocenters. The highest BCUT2D eigenvalue weighted by molar-refractivity contribution is 7.89. The maximum atomic E-state index is 13.4. The Morgan fingerprint density at radius 1 is 1.23 bits per heavy atom. The number of carbonyl (C=O) groups excluding carboxylic acids is 2. The van der Waals surface area contributed by atoms with Crippen LogP contribution in [0.3, 0.4) is 0 Å². The molecule has 0 saturated carbocycles. The van der Waals surface area contributed by atoms with E-state index in [9.17, 15) is 18.0 Å². The fourth-order valence-electron chi connectivity index (χ4n) is 3.49. The van der Waals surface area contributed by atoms with Gasteiger partial charge in [0, 0.05) is 24.8 Å². The van der Waals surface area contributed by atoms with Crippen LogP contribution < -0.4 is 0 Å². The van der Waals surface area contributed by atoms with Crippen LogP contribution in [-0.4, -0.2) is 48.2 Å². The summed E-state index contributed by atoms with van der Waals surface area (Å²) in [5, 5.41) is 0. The van der Waals surface area contributed by atoms with E-state index in [4.69, 9.17) is 4.74 Å². The van der Waals surface area contributed by atoms with E-state index in [-0.39, 0.29) is 23.7 Å². The molecule has 2 aromatic rings. The molecule has 7 nitrogen and oxygen atoms in total. The van der Waals surface area contributed by atoms with Gasteiger partial charge < -0.3 is 9.30 Å². The van der Waals surface area contributed by atoms with Gasteiger partial charge in [0.15, 0.2) is 5.78 Å². The fraction of sp³-hybridized carbons (Fsp3) is 0.364. The van der Waals surface area contributed by atoms with E-state index >= 15 is 0 Å². The van der Waals surface area contributed by atoms with Gasteiger partial charge in [-0.3, -0.25) is 4.79 Å². The van der Waals surface area contributed by atoms with Crippen molar-refractivity contribution < 1.29 is 22.7 Å². The minimum Gasteiger partial charge on any atom is -0.461 e. The van der Waals surface area contributed by atoms with Gasteiger partial charge in [-0.15, -0.1) is 6.58 Å². The van der Waals surface area contributed by atoms with Crippen LogP contribution in [0.25, 0.3) is 0 Å². The highest BCUT2D eigenvalue weighted by Crippen LogP contribution is 2.26. The zero-order valence-electron chi connectivity index (χ0n) is 18.0. The number of hydrogen-bond acceptors (Lipinski definition) is 5. The van der Waals surface area contributed by atoms with E-state index in [0.29, 0.717) is 16.8 Å². The summed E-state index contributed by atoms with van der Waals surface area (Å²) in [7, 11) is -2.25. The molecule has 0 amide bonds. The fourth-order valence-corrected chi connectivity index (χ4v) is 5.07. The lowest BCUT2D eigenvalue weighted by Crippen LogP contribution is -2.43. The predicted molar refractivity (Wildman–Crippen MR) is 115 cm³/mol. The number of nitrogens with zero attached hydrogens (tertiary/aromatic N) is 2. The molecule has 30 heavy (non-hydrogen) atoms. The van der Waals surface area contributed by atoms with E-state index in [2.05, 4.69) is 6.58 Å². The SMILES string of the molecule is C=CCN(C(C)C(=O)c1c(C)c(C(=O)OCC)n(C)c1C)S(=O)(=O)c1ccccc1. The molecule has 0 bridgehead atoms. The zero-order valence-corrected chi connectivity index (χ0v) is 18.8. The highest BCUT2D eigenvalue weighted by atomic mass is 32.2. The van der Waals surface area contributed by atoms with Crippen LogP contribution in [0, 0.1) is 13.8 Å². The van der Waals surface area contributed by atoms with E-state index < -0.39 is 27.8 Å². The van der Waals surface area contributed by atoms with Crippen molar-refractivity contribution in [1.29, 1.82) is 0 Å². The molecule has 0 N–H and O–H groups in total. The molecule has 0 aliphatic carbocycles. The van der Waals surface area contributed by atoms with Crippen molar-refractivity contribution in [1.82, 2.24) is 8.87 Å². The van der Waals surface area contributed by atoms with Gasteiger partial charge in [0.1, 0.15) is 5.69 Å². The summed E-state index contributed by atoms with van der Waals surface area (Å²) < 4.78 is 34.2. The van der Waals surface area contributed by atoms with Crippen LogP contribution in [0.4, 0.5) is 0 Å². The Hall–Kier alpha value is -2.71. The molecule has 0 aliphatic rings. The van der Waals surface area contributed by atoms with Crippen LogP contribution in [-0.2, 0) is 21.8 Å². The first-order valence-corrected chi connectivity index (χ1v) is 11.1. The number of Topliss-reactive ketones (excluding diaryl/α,β-unsaturated/α-hetero) is 1. The summed E-state index contributed by atoms with van der Waals surface area (Å²) in [6, 6.07) is 6.95. The molecule has 0 fully saturated rings. The number of ketones is 1. The molecule has 0 aliphatic heterocycles. The molecule has 162 valence electrons. The van der Waals surface area contributed by atoms with E-state index in [1.807, 2.05) is 0 Å². The quantitative estimate of drug-likeness (QED) is 0.345. The standard InChI is InChI=1S/C22H28N2O5S/c1-7-14-24(30(27,28)18-12-10-9-11-13-18)17(5)21(25)19-15(3)20(22(26)29-8-2)23(6)16(19)4/h7,9-13,17H,1,8,14H2,2-6H3. The number of aromatic nitrogens is 1. The van der Waals surface area contributed by atoms with Crippen molar-refractivity contribution >= 4 is 21.8 Å². The predicted octanol–water partition coefficient (Wildman–Crippen LogP) is 3.27. The van der Waals surface area contributed by atoms with Gasteiger partial charge in [0.2, 0.25) is 10.0 Å². The summed E-state index contributed by atoms with van der Waals surface area (Å²) in [4.78, 5) is 25.9. The van der Waals surface area contributed by atoms with Gasteiger partial charge in [0.25, 0.3) is 0 Å². The van der Waals surface area contributed by atoms with Crippen LogP contribution >= 0.6 is 0 Å². The van der Waals surface area contributed by atoms with Gasteiger partial charge in [-0.1, -0.05) is 24.3 Å². The average molecular weight is 433 g/mol. The van der Waals surface area contributed by atoms with Crippen LogP contribution in [0.5, 0.6) is 0 Å². The molecule has 1 aromatic heterocycles. The smallest absolute Gasteiger partial charge is 0.355 e. The van der Waals surface area contributed by atoms with E-state index in [0.717, 1.165) is 4.31 Å². The molecule has 8 heteroatoms. The Morgan fingerprint density at radius 3 is 2.37 bits per heavy atom. The van der Waals surface area contributed by atoms with Crippen molar-refractivity contribution in [3.05, 3.63) is 65.5 Å². The molecule has 0 saturated heterocycles. The van der Waals surface area contributed by atoms with Gasteiger partial charge in [0.05, 0.1) is 17.5 Å². The second-order valence-electron chi connectivity index (χ2n) is 6.93. The number of benzene rings is 1. The lowest BCUT2D eigenvalue weighted by Gasteiger charge is -2.26. The minimum absolute atomic E-state index is 0.0280. The summed E-state index contributed by atoms with van der Waals surface area (Å²) >= 11 is 0. The van der Waals surface area contributed by atoms with Crippen molar-refractivity contribution in [3.8, 4) is 0 Å². The highest BCUT2D eigenvalue weighted by Gasteiger charge is 2.35. The lowest BCUT2D eigenvalue weighted by molar-refractivity contribution is 0.0514. The van der Waals surface area contributed by atoms with Crippen molar-refractivity contribution in [2.75, 3.05) is 13.2 Å². The third kappa shape index (κ3) is 4.24. The normalized spacial score (nSPS) is 12.6. The minimum atomic E-state index is -3.93. The summed E-state index contributed by atoms with van der Waals surface area (Å²) in [5.74, 6) is -0.912. The van der Waals surface area contributed by atoms with Crippen LogP contribution in [0.1, 0.15) is 46.0 Å². The van der Waals surface area contributed by atoms with Crippen LogP contribution in [0.15, 0.2) is 47.9 Å². The second kappa shape index (κ2) is 9.40. The summed E-state index contributed by atoms with van der Waals surface area (Å²) in [6.45, 7) is 10.5. The molecular weight excluding hydrogens is 404 g/mol.